The fourth-order valence-corrected chi connectivity index (χ4v) is 3.45. The Morgan fingerprint density at radius 2 is 1.85 bits per heavy atom. The Kier molecular flexibility index (Phi) is 5.31. The maximum atomic E-state index is 12.8. The summed E-state index contributed by atoms with van der Waals surface area (Å²) in [5.74, 6) is -3.12. The Morgan fingerprint density at radius 3 is 2.50 bits per heavy atom. The summed E-state index contributed by atoms with van der Waals surface area (Å²) >= 11 is 0. The highest BCUT2D eigenvalue weighted by molar-refractivity contribution is 6.17. The molecule has 0 aromatic heterocycles. The number of carboxylic acid groups (broad SMARTS) is 1. The third-order valence-corrected chi connectivity index (χ3v) is 4.98. The van der Waals surface area contributed by atoms with Crippen molar-refractivity contribution in [1.82, 2.24) is 0 Å². The predicted molar refractivity (Wildman–Crippen MR) is 101 cm³/mol. The molecule has 2 atom stereocenters. The molecule has 0 radical (unpaired) electrons. The molecule has 1 aliphatic rings. The zero-order valence-corrected chi connectivity index (χ0v) is 14.8. The van der Waals surface area contributed by atoms with Gasteiger partial charge in [0.15, 0.2) is 5.78 Å². The zero-order chi connectivity index (χ0) is 18.7. The molecule has 0 saturated carbocycles. The first-order valence-corrected chi connectivity index (χ1v) is 9.02. The second-order valence-corrected chi connectivity index (χ2v) is 6.84. The van der Waals surface area contributed by atoms with Crippen LogP contribution in [0.15, 0.2) is 42.5 Å². The lowest BCUT2D eigenvalue weighted by molar-refractivity contribution is -0.144. The average molecular weight is 350 g/mol. The first-order chi connectivity index (χ1) is 12.5. The molecule has 1 aliphatic carbocycles. The Balaban J connectivity index is 1.83. The van der Waals surface area contributed by atoms with Crippen LogP contribution in [0.1, 0.15) is 48.5 Å². The number of aliphatic carboxylic acids is 1. The van der Waals surface area contributed by atoms with Crippen molar-refractivity contribution in [1.29, 1.82) is 0 Å². The van der Waals surface area contributed by atoms with Crippen molar-refractivity contribution in [2.24, 2.45) is 11.8 Å². The third kappa shape index (κ3) is 3.59. The fraction of sp³-hybridized carbons (Fsp3) is 0.318. The number of Topliss-reactive ketones (excluding diaryl/α,β-unsaturated/α-hetero) is 2. The number of benzene rings is 2. The quantitative estimate of drug-likeness (QED) is 0.746. The maximum Gasteiger partial charge on any atom is 0.306 e. The minimum absolute atomic E-state index is 0.0982. The molecular weight excluding hydrogens is 328 g/mol. The van der Waals surface area contributed by atoms with Crippen LogP contribution in [0.3, 0.4) is 0 Å². The summed E-state index contributed by atoms with van der Waals surface area (Å²) < 4.78 is 0. The van der Waals surface area contributed by atoms with Crippen molar-refractivity contribution in [3.63, 3.8) is 0 Å². The van der Waals surface area contributed by atoms with Crippen molar-refractivity contribution in [3.8, 4) is 0 Å². The van der Waals surface area contributed by atoms with Crippen LogP contribution >= 0.6 is 0 Å². The minimum atomic E-state index is -0.967. The van der Waals surface area contributed by atoms with Crippen molar-refractivity contribution in [2.75, 3.05) is 0 Å². The third-order valence-electron chi connectivity index (χ3n) is 4.98. The Bertz CT molecular complexity index is 894. The maximum absolute atomic E-state index is 12.8. The number of unbranched alkanes of at least 4 members (excludes halogenated alkanes) is 1. The van der Waals surface area contributed by atoms with Gasteiger partial charge in [-0.05, 0) is 34.9 Å². The number of rotatable bonds is 7. The minimum Gasteiger partial charge on any atom is -0.481 e. The molecule has 2 unspecified atom stereocenters. The van der Waals surface area contributed by atoms with Gasteiger partial charge in [-0.2, -0.15) is 0 Å². The van der Waals surface area contributed by atoms with E-state index in [0.717, 1.165) is 29.2 Å². The molecule has 2 aromatic carbocycles. The summed E-state index contributed by atoms with van der Waals surface area (Å²) in [5, 5.41) is 11.3. The lowest BCUT2D eigenvalue weighted by atomic mass is 9.81. The topological polar surface area (TPSA) is 71.4 Å². The van der Waals surface area contributed by atoms with E-state index in [4.69, 9.17) is 0 Å². The van der Waals surface area contributed by atoms with Crippen LogP contribution in [0, 0.1) is 11.8 Å². The molecule has 4 nitrogen and oxygen atoms in total. The molecule has 0 bridgehead atoms. The molecule has 4 heteroatoms. The summed E-state index contributed by atoms with van der Waals surface area (Å²) in [7, 11) is 0. The number of hydrogen-bond donors (Lipinski definition) is 1. The molecule has 0 aliphatic heterocycles. The van der Waals surface area contributed by atoms with Gasteiger partial charge >= 0.3 is 5.97 Å². The number of ketones is 2. The smallest absolute Gasteiger partial charge is 0.306 e. The van der Waals surface area contributed by atoms with E-state index in [0.29, 0.717) is 12.0 Å². The van der Waals surface area contributed by atoms with E-state index in [-0.39, 0.29) is 18.0 Å². The average Bonchev–Trinajstić information content (AvgIpc) is 2.63. The van der Waals surface area contributed by atoms with Gasteiger partial charge in [-0.3, -0.25) is 14.4 Å². The molecule has 0 amide bonds. The number of fused-ring (bicyclic) bond motifs is 2. The van der Waals surface area contributed by atoms with E-state index in [2.05, 4.69) is 0 Å². The van der Waals surface area contributed by atoms with Crippen LogP contribution in [-0.2, 0) is 9.59 Å². The summed E-state index contributed by atoms with van der Waals surface area (Å²) in [4.78, 5) is 36.9. The summed E-state index contributed by atoms with van der Waals surface area (Å²) in [6.07, 6.45) is 5.41. The SMILES string of the molecule is CCCCC(CC(=O)C1C=Cc2cc3ccccc3cc2C1=O)C(=O)O. The lowest BCUT2D eigenvalue weighted by Crippen LogP contribution is -2.29. The molecule has 134 valence electrons. The van der Waals surface area contributed by atoms with E-state index in [1.54, 1.807) is 12.2 Å². The number of hydrogen-bond acceptors (Lipinski definition) is 3. The second-order valence-electron chi connectivity index (χ2n) is 6.84. The van der Waals surface area contributed by atoms with Crippen molar-refractivity contribution < 1.29 is 19.5 Å². The molecule has 1 N–H and O–H groups in total. The first kappa shape index (κ1) is 18.1. The van der Waals surface area contributed by atoms with Gasteiger partial charge in [-0.25, -0.2) is 0 Å². The predicted octanol–water partition coefficient (Wildman–Crippen LogP) is 4.52. The second kappa shape index (κ2) is 7.65. The van der Waals surface area contributed by atoms with Gasteiger partial charge < -0.3 is 5.11 Å². The van der Waals surface area contributed by atoms with E-state index < -0.39 is 17.8 Å². The summed E-state index contributed by atoms with van der Waals surface area (Å²) in [5.41, 5.74) is 1.34. The van der Waals surface area contributed by atoms with Gasteiger partial charge in [0, 0.05) is 12.0 Å². The largest absolute Gasteiger partial charge is 0.481 e. The molecule has 0 heterocycles. The van der Waals surface area contributed by atoms with Crippen LogP contribution in [0.4, 0.5) is 0 Å². The van der Waals surface area contributed by atoms with Gasteiger partial charge in [0.2, 0.25) is 0 Å². The van der Waals surface area contributed by atoms with Gasteiger partial charge in [-0.15, -0.1) is 0 Å². The number of allylic oxidation sites excluding steroid dienone is 1. The Morgan fingerprint density at radius 1 is 1.15 bits per heavy atom. The fourth-order valence-electron chi connectivity index (χ4n) is 3.45. The number of carbonyl (C=O) groups excluding carboxylic acids is 2. The number of carboxylic acids is 1. The van der Waals surface area contributed by atoms with E-state index >= 15 is 0 Å². The van der Waals surface area contributed by atoms with Crippen LogP contribution in [0.5, 0.6) is 0 Å². The van der Waals surface area contributed by atoms with Crippen molar-refractivity contribution in [2.45, 2.75) is 32.6 Å². The van der Waals surface area contributed by atoms with Crippen LogP contribution in [0.25, 0.3) is 16.8 Å². The molecule has 0 spiro atoms. The molecule has 0 fully saturated rings. The van der Waals surface area contributed by atoms with Crippen molar-refractivity contribution in [3.05, 3.63) is 53.6 Å². The standard InChI is InChI=1S/C22H22O4/c1-2-3-6-17(22(25)26)13-20(23)18-10-9-16-11-14-7-4-5-8-15(14)12-19(16)21(18)24/h4-5,7-12,17-18H,2-3,6,13H2,1H3,(H,25,26). The van der Waals surface area contributed by atoms with Gasteiger partial charge in [0.25, 0.3) is 0 Å². The molecule has 0 saturated heterocycles. The highest BCUT2D eigenvalue weighted by Gasteiger charge is 2.32. The molecule has 26 heavy (non-hydrogen) atoms. The van der Waals surface area contributed by atoms with Crippen molar-refractivity contribution >= 4 is 34.4 Å². The van der Waals surface area contributed by atoms with E-state index in [1.807, 2.05) is 43.3 Å². The normalized spacial score (nSPS) is 17.1. The van der Waals surface area contributed by atoms with E-state index in [9.17, 15) is 19.5 Å². The molecular formula is C22H22O4. The van der Waals surface area contributed by atoms with Gasteiger partial charge in [0.1, 0.15) is 5.78 Å². The Hall–Kier alpha value is -2.75. The van der Waals surface area contributed by atoms with Gasteiger partial charge in [0.05, 0.1) is 11.8 Å². The highest BCUT2D eigenvalue weighted by atomic mass is 16.4. The van der Waals surface area contributed by atoms with Crippen LogP contribution in [0.2, 0.25) is 0 Å². The summed E-state index contributed by atoms with van der Waals surface area (Å²) in [6.45, 7) is 1.98. The highest BCUT2D eigenvalue weighted by Crippen LogP contribution is 2.29. The van der Waals surface area contributed by atoms with Crippen LogP contribution in [-0.4, -0.2) is 22.6 Å². The van der Waals surface area contributed by atoms with Crippen LogP contribution < -0.4 is 0 Å². The zero-order valence-electron chi connectivity index (χ0n) is 14.8. The lowest BCUT2D eigenvalue weighted by Gasteiger charge is -2.20. The first-order valence-electron chi connectivity index (χ1n) is 9.02. The molecule has 2 aromatic rings. The monoisotopic (exact) mass is 350 g/mol. The van der Waals surface area contributed by atoms with E-state index in [1.165, 1.54) is 0 Å². The summed E-state index contributed by atoms with van der Waals surface area (Å²) in [6, 6.07) is 11.5. The molecule has 3 rings (SSSR count). The van der Waals surface area contributed by atoms with Gasteiger partial charge in [-0.1, -0.05) is 56.2 Å². The Labute approximate surface area is 152 Å². The number of carbonyl (C=O) groups is 3.